The van der Waals surface area contributed by atoms with Crippen LogP contribution in [0.3, 0.4) is 0 Å². The van der Waals surface area contributed by atoms with Gasteiger partial charge in [-0.15, -0.1) is 0 Å². The van der Waals surface area contributed by atoms with Crippen molar-refractivity contribution in [2.24, 2.45) is 5.92 Å². The summed E-state index contributed by atoms with van der Waals surface area (Å²) in [7, 11) is -3.26. The van der Waals surface area contributed by atoms with E-state index < -0.39 is 10.0 Å². The Labute approximate surface area is 140 Å². The smallest absolute Gasteiger partial charge is 0.228 e. The fourth-order valence-electron chi connectivity index (χ4n) is 2.74. The highest BCUT2D eigenvalue weighted by atomic mass is 32.2. The molecule has 1 unspecified atom stereocenters. The molecule has 0 aliphatic carbocycles. The second-order valence-electron chi connectivity index (χ2n) is 5.84. The summed E-state index contributed by atoms with van der Waals surface area (Å²) in [5.74, 6) is -0.486. The zero-order valence-corrected chi connectivity index (χ0v) is 14.1. The molecule has 1 aromatic carbocycles. The molecule has 1 aromatic heterocycles. The molecule has 9 heteroatoms. The van der Waals surface area contributed by atoms with Crippen molar-refractivity contribution < 1.29 is 13.2 Å². The Morgan fingerprint density at radius 1 is 1.29 bits per heavy atom. The highest BCUT2D eigenvalue weighted by molar-refractivity contribution is 7.88. The summed E-state index contributed by atoms with van der Waals surface area (Å²) in [6.45, 7) is 0.719. The van der Waals surface area contributed by atoms with Gasteiger partial charge in [0.2, 0.25) is 15.9 Å². The summed E-state index contributed by atoms with van der Waals surface area (Å²) in [6, 6.07) is 7.22. The van der Waals surface area contributed by atoms with E-state index in [1.807, 2.05) is 12.1 Å². The molecule has 0 spiro atoms. The lowest BCUT2D eigenvalue weighted by molar-refractivity contribution is -0.120. The number of nitrogens with one attached hydrogen (secondary N) is 1. The van der Waals surface area contributed by atoms with Crippen LogP contribution in [0.2, 0.25) is 0 Å². The number of hydrogen-bond donors (Lipinski definition) is 1. The van der Waals surface area contributed by atoms with Gasteiger partial charge in [0.1, 0.15) is 12.7 Å². The first kappa shape index (κ1) is 16.6. The van der Waals surface area contributed by atoms with E-state index in [0.29, 0.717) is 25.1 Å². The number of benzene rings is 1. The van der Waals surface area contributed by atoms with E-state index >= 15 is 0 Å². The summed E-state index contributed by atoms with van der Waals surface area (Å²) < 4.78 is 26.3. The standard InChI is InChI=1S/C15H19N5O3S/c1-24(22,23)19-8-2-3-12(9-19)15(21)18-13-4-6-14(7-5-13)20-11-16-10-17-20/h4-7,10-12H,2-3,8-9H2,1H3,(H,18,21). The van der Waals surface area contributed by atoms with Gasteiger partial charge in [-0.2, -0.15) is 5.10 Å². The first-order valence-corrected chi connectivity index (χ1v) is 9.49. The minimum atomic E-state index is -3.26. The number of amides is 1. The molecule has 0 saturated carbocycles. The van der Waals surface area contributed by atoms with Gasteiger partial charge in [0.15, 0.2) is 0 Å². The van der Waals surface area contributed by atoms with Crippen LogP contribution in [0.25, 0.3) is 5.69 Å². The fraction of sp³-hybridized carbons (Fsp3) is 0.400. The Balaban J connectivity index is 1.64. The van der Waals surface area contributed by atoms with Gasteiger partial charge in [-0.05, 0) is 37.1 Å². The van der Waals surface area contributed by atoms with Gasteiger partial charge < -0.3 is 5.32 Å². The van der Waals surface area contributed by atoms with Gasteiger partial charge in [0, 0.05) is 18.8 Å². The van der Waals surface area contributed by atoms with E-state index in [9.17, 15) is 13.2 Å². The number of carbonyl (C=O) groups is 1. The van der Waals surface area contributed by atoms with Gasteiger partial charge in [-0.3, -0.25) is 4.79 Å². The van der Waals surface area contributed by atoms with Crippen LogP contribution >= 0.6 is 0 Å². The van der Waals surface area contributed by atoms with E-state index in [1.54, 1.807) is 23.1 Å². The third-order valence-corrected chi connectivity index (χ3v) is 5.31. The van der Waals surface area contributed by atoms with Crippen molar-refractivity contribution in [3.05, 3.63) is 36.9 Å². The zero-order valence-electron chi connectivity index (χ0n) is 13.3. The fourth-order valence-corrected chi connectivity index (χ4v) is 3.65. The molecule has 2 heterocycles. The molecule has 0 radical (unpaired) electrons. The molecule has 2 aromatic rings. The quantitative estimate of drug-likeness (QED) is 0.884. The molecule has 3 rings (SSSR count). The molecular formula is C15H19N5O3S. The first-order chi connectivity index (χ1) is 11.4. The Hall–Kier alpha value is -2.26. The lowest BCUT2D eigenvalue weighted by Gasteiger charge is -2.30. The molecule has 8 nitrogen and oxygen atoms in total. The van der Waals surface area contributed by atoms with Crippen molar-refractivity contribution in [3.63, 3.8) is 0 Å². The highest BCUT2D eigenvalue weighted by Crippen LogP contribution is 2.21. The maximum absolute atomic E-state index is 12.4. The van der Waals surface area contributed by atoms with Gasteiger partial charge >= 0.3 is 0 Å². The monoisotopic (exact) mass is 349 g/mol. The third kappa shape index (κ3) is 3.80. The maximum atomic E-state index is 12.4. The van der Waals surface area contributed by atoms with Gasteiger partial charge in [-0.1, -0.05) is 0 Å². The molecule has 1 aliphatic rings. The molecule has 1 amide bonds. The van der Waals surface area contributed by atoms with Gasteiger partial charge in [0.05, 0.1) is 17.9 Å². The molecule has 1 aliphatic heterocycles. The largest absolute Gasteiger partial charge is 0.326 e. The molecule has 24 heavy (non-hydrogen) atoms. The van der Waals surface area contributed by atoms with Crippen molar-refractivity contribution >= 4 is 21.6 Å². The van der Waals surface area contributed by atoms with Crippen molar-refractivity contribution in [1.29, 1.82) is 0 Å². The van der Waals surface area contributed by atoms with Crippen molar-refractivity contribution in [1.82, 2.24) is 19.1 Å². The number of carbonyl (C=O) groups excluding carboxylic acids is 1. The summed E-state index contributed by atoms with van der Waals surface area (Å²) in [4.78, 5) is 16.3. The summed E-state index contributed by atoms with van der Waals surface area (Å²) >= 11 is 0. The minimum absolute atomic E-state index is 0.156. The molecule has 1 atom stereocenters. The Bertz CT molecular complexity index is 802. The van der Waals surface area contributed by atoms with Crippen LogP contribution in [0.4, 0.5) is 5.69 Å². The van der Waals surface area contributed by atoms with E-state index in [4.69, 9.17) is 0 Å². The highest BCUT2D eigenvalue weighted by Gasteiger charge is 2.30. The molecule has 0 bridgehead atoms. The van der Waals surface area contributed by atoms with Crippen LogP contribution < -0.4 is 5.32 Å². The minimum Gasteiger partial charge on any atom is -0.326 e. The van der Waals surface area contributed by atoms with E-state index in [0.717, 1.165) is 5.69 Å². The lowest BCUT2D eigenvalue weighted by Crippen LogP contribution is -2.43. The van der Waals surface area contributed by atoms with Crippen molar-refractivity contribution in [2.45, 2.75) is 12.8 Å². The van der Waals surface area contributed by atoms with Crippen LogP contribution in [0, 0.1) is 5.92 Å². The maximum Gasteiger partial charge on any atom is 0.228 e. The van der Waals surface area contributed by atoms with Crippen LogP contribution in [0.15, 0.2) is 36.9 Å². The predicted octanol–water partition coefficient (Wildman–Crippen LogP) is 0.877. The number of hydrogen-bond acceptors (Lipinski definition) is 5. The molecule has 1 fully saturated rings. The topological polar surface area (TPSA) is 97.2 Å². The summed E-state index contributed by atoms with van der Waals surface area (Å²) in [5, 5.41) is 6.89. The normalized spacial score (nSPS) is 19.1. The van der Waals surface area contributed by atoms with E-state index in [2.05, 4.69) is 15.4 Å². The van der Waals surface area contributed by atoms with Crippen LogP contribution in [0.5, 0.6) is 0 Å². The lowest BCUT2D eigenvalue weighted by atomic mass is 9.98. The van der Waals surface area contributed by atoms with Gasteiger partial charge in [-0.25, -0.2) is 22.4 Å². The molecule has 1 saturated heterocycles. The van der Waals surface area contributed by atoms with E-state index in [-0.39, 0.29) is 18.4 Å². The number of sulfonamides is 1. The number of rotatable bonds is 4. The van der Waals surface area contributed by atoms with Crippen LogP contribution in [-0.4, -0.2) is 52.7 Å². The number of nitrogens with zero attached hydrogens (tertiary/aromatic N) is 4. The zero-order chi connectivity index (χ0) is 17.2. The number of piperidine rings is 1. The van der Waals surface area contributed by atoms with Crippen LogP contribution in [-0.2, 0) is 14.8 Å². The Morgan fingerprint density at radius 2 is 2.04 bits per heavy atom. The predicted molar refractivity (Wildman–Crippen MR) is 89.1 cm³/mol. The van der Waals surface area contributed by atoms with Crippen molar-refractivity contribution in [3.8, 4) is 5.69 Å². The Morgan fingerprint density at radius 3 is 2.67 bits per heavy atom. The number of aromatic nitrogens is 3. The van der Waals surface area contributed by atoms with Crippen LogP contribution in [0.1, 0.15) is 12.8 Å². The molecule has 1 N–H and O–H groups in total. The summed E-state index contributed by atoms with van der Waals surface area (Å²) in [5.41, 5.74) is 1.51. The SMILES string of the molecule is CS(=O)(=O)N1CCCC(C(=O)Nc2ccc(-n3cncn3)cc2)C1. The third-order valence-electron chi connectivity index (χ3n) is 4.04. The Kier molecular flexibility index (Phi) is 4.63. The van der Waals surface area contributed by atoms with E-state index in [1.165, 1.54) is 16.9 Å². The molecular weight excluding hydrogens is 330 g/mol. The second kappa shape index (κ2) is 6.70. The second-order valence-corrected chi connectivity index (χ2v) is 7.82. The summed E-state index contributed by atoms with van der Waals surface area (Å²) in [6.07, 6.45) is 5.60. The van der Waals surface area contributed by atoms with Gasteiger partial charge in [0.25, 0.3) is 0 Å². The first-order valence-electron chi connectivity index (χ1n) is 7.64. The van der Waals surface area contributed by atoms with Crippen molar-refractivity contribution in [2.75, 3.05) is 24.7 Å². The average Bonchev–Trinajstić information content (AvgIpc) is 3.09. The molecule has 128 valence electrons. The average molecular weight is 349 g/mol. The number of anilines is 1.